The van der Waals surface area contributed by atoms with Crippen LogP contribution >= 0.6 is 0 Å². The Labute approximate surface area is 150 Å². The number of hydrogen-bond donors (Lipinski definition) is 0. The van der Waals surface area contributed by atoms with Gasteiger partial charge >= 0.3 is 26.2 Å². The van der Waals surface area contributed by atoms with Crippen LogP contribution in [0.4, 0.5) is 0 Å². The minimum Gasteiger partial charge on any atom is -0.660 e. The van der Waals surface area contributed by atoms with Crippen LogP contribution in [0.25, 0.3) is 4.98 Å². The van der Waals surface area contributed by atoms with Crippen LogP contribution in [0.3, 0.4) is 0 Å². The van der Waals surface area contributed by atoms with Gasteiger partial charge < -0.3 is 19.8 Å². The molecular formula is C17H38NSiZr. The van der Waals surface area contributed by atoms with Crippen LogP contribution in [0.1, 0.15) is 48.5 Å². The van der Waals surface area contributed by atoms with Crippen molar-refractivity contribution in [2.24, 2.45) is 23.7 Å². The van der Waals surface area contributed by atoms with Gasteiger partial charge in [-0.1, -0.05) is 75.3 Å². The second-order valence-corrected chi connectivity index (χ2v) is 12.1. The summed E-state index contributed by atoms with van der Waals surface area (Å²) in [5, 5.41) is 0. The van der Waals surface area contributed by atoms with Crippen molar-refractivity contribution >= 4 is 8.24 Å². The van der Waals surface area contributed by atoms with Crippen LogP contribution < -0.4 is 0 Å². The molecule has 4 unspecified atom stereocenters. The number of rotatable bonds is 2. The fraction of sp³-hybridized carbons (Fsp3) is 0.882. The molecule has 0 aliphatic heterocycles. The Kier molecular flexibility index (Phi) is 11.2. The zero-order chi connectivity index (χ0) is 13.6. The maximum atomic E-state index is 5.23. The normalized spacial score (nSPS) is 33.8. The van der Waals surface area contributed by atoms with Gasteiger partial charge in [-0.3, -0.25) is 0 Å². The summed E-state index contributed by atoms with van der Waals surface area (Å²) >= 11 is 0. The van der Waals surface area contributed by atoms with Crippen LogP contribution in [0.2, 0.25) is 18.6 Å². The Hall–Kier alpha value is 1.06. The molecule has 20 heavy (non-hydrogen) atoms. The van der Waals surface area contributed by atoms with Gasteiger partial charge in [0.15, 0.2) is 0 Å². The molecule has 0 aromatic carbocycles. The largest absolute Gasteiger partial charge is 3.00 e. The molecule has 0 amide bonds. The SMILES string of the molecule is CC1C(C)C([Si](C)(C)[N-]C(C)(C)C)[C@H](C)C1C.[CH3-].[CH3-].[Zr+3]. The van der Waals surface area contributed by atoms with Crippen molar-refractivity contribution in [1.82, 2.24) is 0 Å². The van der Waals surface area contributed by atoms with E-state index in [9.17, 15) is 0 Å². The van der Waals surface area contributed by atoms with Gasteiger partial charge in [0.25, 0.3) is 0 Å². The molecule has 0 aromatic rings. The Morgan fingerprint density at radius 1 is 0.750 bits per heavy atom. The van der Waals surface area contributed by atoms with Crippen molar-refractivity contribution in [3.63, 3.8) is 0 Å². The van der Waals surface area contributed by atoms with Crippen LogP contribution in [-0.4, -0.2) is 13.8 Å². The minimum atomic E-state index is -1.49. The topological polar surface area (TPSA) is 14.1 Å². The van der Waals surface area contributed by atoms with E-state index in [0.29, 0.717) is 0 Å². The molecule has 1 saturated carbocycles. The fourth-order valence-electron chi connectivity index (χ4n) is 4.32. The first-order valence-corrected chi connectivity index (χ1v) is 10.2. The van der Waals surface area contributed by atoms with Gasteiger partial charge in [-0.2, -0.15) is 0 Å². The first kappa shape index (κ1) is 26.0. The van der Waals surface area contributed by atoms with E-state index >= 15 is 0 Å². The summed E-state index contributed by atoms with van der Waals surface area (Å²) in [6.45, 7) is 21.5. The first-order chi connectivity index (χ1) is 7.47. The molecular weight excluding hydrogens is 338 g/mol. The van der Waals surface area contributed by atoms with Gasteiger partial charge in [0.05, 0.1) is 0 Å². The van der Waals surface area contributed by atoms with Crippen molar-refractivity contribution in [1.29, 1.82) is 0 Å². The van der Waals surface area contributed by atoms with Gasteiger partial charge in [0.2, 0.25) is 0 Å². The van der Waals surface area contributed by atoms with Crippen molar-refractivity contribution in [2.75, 3.05) is 0 Å². The Morgan fingerprint density at radius 3 is 1.30 bits per heavy atom. The third-order valence-corrected chi connectivity index (χ3v) is 8.99. The van der Waals surface area contributed by atoms with E-state index in [1.54, 1.807) is 0 Å². The Balaban J connectivity index is -0.000000963. The van der Waals surface area contributed by atoms with Gasteiger partial charge in [0, 0.05) is 0 Å². The molecule has 1 nitrogen and oxygen atoms in total. The van der Waals surface area contributed by atoms with Crippen LogP contribution in [0.15, 0.2) is 0 Å². The molecule has 0 N–H and O–H groups in total. The van der Waals surface area contributed by atoms with Crippen LogP contribution in [-0.2, 0) is 26.2 Å². The molecule has 1 fully saturated rings. The average Bonchev–Trinajstić information content (AvgIpc) is 2.27. The van der Waals surface area contributed by atoms with Gasteiger partial charge in [-0.15, -0.1) is 5.54 Å². The summed E-state index contributed by atoms with van der Waals surface area (Å²) in [4.78, 5) is 5.23. The maximum absolute atomic E-state index is 5.23. The summed E-state index contributed by atoms with van der Waals surface area (Å²) in [7, 11) is -1.49. The molecule has 5 atom stereocenters. The molecule has 0 saturated heterocycles. The molecule has 0 spiro atoms. The van der Waals surface area contributed by atoms with Crippen LogP contribution in [0, 0.1) is 38.5 Å². The Bertz CT molecular complexity index is 259. The molecule has 1 aliphatic rings. The van der Waals surface area contributed by atoms with Gasteiger partial charge in [0.1, 0.15) is 0 Å². The van der Waals surface area contributed by atoms with Crippen LogP contribution in [0.5, 0.6) is 0 Å². The maximum Gasteiger partial charge on any atom is 3.00 e. The second-order valence-electron chi connectivity index (χ2n) is 7.90. The summed E-state index contributed by atoms with van der Waals surface area (Å²) in [5.41, 5.74) is 0.983. The molecule has 119 valence electrons. The van der Waals surface area contributed by atoms with Crippen molar-refractivity contribution in [2.45, 2.75) is 72.6 Å². The first-order valence-electron chi connectivity index (χ1n) is 7.21. The van der Waals surface area contributed by atoms with E-state index in [1.165, 1.54) is 0 Å². The monoisotopic (exact) mass is 374 g/mol. The summed E-state index contributed by atoms with van der Waals surface area (Å²) in [5.74, 6) is 3.40. The molecule has 1 rings (SSSR count). The van der Waals surface area contributed by atoms with E-state index in [4.69, 9.17) is 4.98 Å². The summed E-state index contributed by atoms with van der Waals surface area (Å²) in [6, 6.07) is 0. The predicted molar refractivity (Wildman–Crippen MR) is 93.8 cm³/mol. The summed E-state index contributed by atoms with van der Waals surface area (Å²) < 4.78 is 0. The predicted octanol–water partition coefficient (Wildman–Crippen LogP) is 6.19. The fourth-order valence-corrected chi connectivity index (χ4v) is 9.37. The minimum absolute atomic E-state index is 0. The zero-order valence-corrected chi connectivity index (χ0v) is 19.3. The van der Waals surface area contributed by atoms with Crippen molar-refractivity contribution < 1.29 is 26.2 Å². The Morgan fingerprint density at radius 2 is 1.05 bits per heavy atom. The molecule has 1 aliphatic carbocycles. The molecule has 3 heteroatoms. The zero-order valence-electron chi connectivity index (χ0n) is 15.8. The number of nitrogens with zero attached hydrogens (tertiary/aromatic N) is 1. The average molecular weight is 376 g/mol. The summed E-state index contributed by atoms with van der Waals surface area (Å²) in [6.07, 6.45) is 0. The van der Waals surface area contributed by atoms with Crippen molar-refractivity contribution in [3.05, 3.63) is 19.8 Å². The van der Waals surface area contributed by atoms with Crippen molar-refractivity contribution in [3.8, 4) is 0 Å². The molecule has 0 heterocycles. The standard InChI is InChI=1S/C15H32NSi.2CH3.Zr/c1-10-11(2)13(4)14(12(10)3)17(8,9)16-15(5,6)7;;;/h10-14H,1-9H3;2*1H3;/q3*-1;+3/t10?,11?,12-,13?,14?;;;/m1.../s1. The second kappa shape index (κ2) is 8.63. The van der Waals surface area contributed by atoms with Gasteiger partial charge in [-0.25, -0.2) is 0 Å². The number of hydrogen-bond acceptors (Lipinski definition) is 0. The van der Waals surface area contributed by atoms with E-state index < -0.39 is 8.24 Å². The third kappa shape index (κ3) is 5.69. The van der Waals surface area contributed by atoms with E-state index in [1.807, 2.05) is 0 Å². The molecule has 1 radical (unpaired) electrons. The van der Waals surface area contributed by atoms with E-state index in [2.05, 4.69) is 61.6 Å². The quantitative estimate of drug-likeness (QED) is 0.403. The molecule has 0 aromatic heterocycles. The third-order valence-electron chi connectivity index (χ3n) is 5.06. The molecule has 0 bridgehead atoms. The van der Waals surface area contributed by atoms with E-state index in [-0.39, 0.29) is 46.6 Å². The van der Waals surface area contributed by atoms with Gasteiger partial charge in [-0.05, 0) is 23.7 Å². The van der Waals surface area contributed by atoms with E-state index in [0.717, 1.165) is 29.2 Å². The smallest absolute Gasteiger partial charge is 0.660 e.